The molecule has 0 radical (unpaired) electrons. The Bertz CT molecular complexity index is 1070. The Morgan fingerprint density at radius 2 is 1.50 bits per heavy atom. The summed E-state index contributed by atoms with van der Waals surface area (Å²) in [5.74, 6) is -0.128. The number of pyridine rings is 1. The summed E-state index contributed by atoms with van der Waals surface area (Å²) in [6.07, 6.45) is 0. The van der Waals surface area contributed by atoms with Crippen molar-refractivity contribution >= 4 is 22.5 Å². The van der Waals surface area contributed by atoms with Crippen LogP contribution >= 0.6 is 0 Å². The molecule has 0 aliphatic heterocycles. The number of hydrogen-bond acceptors (Lipinski definition) is 2. The van der Waals surface area contributed by atoms with Gasteiger partial charge < -0.3 is 5.32 Å². The van der Waals surface area contributed by atoms with Gasteiger partial charge in [0.15, 0.2) is 0 Å². The van der Waals surface area contributed by atoms with Gasteiger partial charge in [0, 0.05) is 22.3 Å². The van der Waals surface area contributed by atoms with Crippen LogP contribution in [0.3, 0.4) is 0 Å². The predicted octanol–water partition coefficient (Wildman–Crippen LogP) is 5.46. The van der Waals surface area contributed by atoms with Crippen LogP contribution in [0.4, 0.5) is 5.69 Å². The van der Waals surface area contributed by atoms with Gasteiger partial charge in [-0.1, -0.05) is 54.6 Å². The molecule has 3 heteroatoms. The number of nitrogens with one attached hydrogen (secondary N) is 1. The number of carbonyl (C=O) groups excluding carboxylic acids is 1. The van der Waals surface area contributed by atoms with E-state index in [0.29, 0.717) is 5.56 Å². The van der Waals surface area contributed by atoms with E-state index in [9.17, 15) is 4.79 Å². The Balaban J connectivity index is 1.54. The van der Waals surface area contributed by atoms with Crippen molar-refractivity contribution < 1.29 is 4.79 Å². The van der Waals surface area contributed by atoms with Crippen molar-refractivity contribution in [2.75, 3.05) is 5.32 Å². The molecule has 0 saturated carbocycles. The van der Waals surface area contributed by atoms with E-state index in [1.807, 2.05) is 79.7 Å². The molecule has 0 saturated heterocycles. The molecule has 0 spiro atoms. The monoisotopic (exact) mass is 338 g/mol. The fourth-order valence-electron chi connectivity index (χ4n) is 2.94. The number of hydrogen-bond donors (Lipinski definition) is 1. The summed E-state index contributed by atoms with van der Waals surface area (Å²) in [4.78, 5) is 17.0. The molecule has 0 atom stereocenters. The first-order valence-electron chi connectivity index (χ1n) is 8.53. The fourth-order valence-corrected chi connectivity index (χ4v) is 2.94. The molecule has 4 rings (SSSR count). The average molecular weight is 338 g/mol. The summed E-state index contributed by atoms with van der Waals surface area (Å²) in [5.41, 5.74) is 5.43. The Labute approximate surface area is 152 Å². The number of amides is 1. The van der Waals surface area contributed by atoms with E-state index < -0.39 is 0 Å². The third kappa shape index (κ3) is 3.33. The molecule has 0 bridgehead atoms. The summed E-state index contributed by atoms with van der Waals surface area (Å²) in [7, 11) is 0. The molecule has 4 aromatic rings. The summed E-state index contributed by atoms with van der Waals surface area (Å²) < 4.78 is 0. The molecule has 1 aromatic heterocycles. The third-order valence-corrected chi connectivity index (χ3v) is 4.34. The number of anilines is 1. The van der Waals surface area contributed by atoms with E-state index in [1.165, 1.54) is 0 Å². The van der Waals surface area contributed by atoms with Gasteiger partial charge in [0.2, 0.25) is 0 Å². The predicted molar refractivity (Wildman–Crippen MR) is 106 cm³/mol. The molecule has 0 unspecified atom stereocenters. The lowest BCUT2D eigenvalue weighted by Crippen LogP contribution is -2.11. The highest BCUT2D eigenvalue weighted by Crippen LogP contribution is 2.21. The minimum absolute atomic E-state index is 0.128. The molecule has 26 heavy (non-hydrogen) atoms. The van der Waals surface area contributed by atoms with Gasteiger partial charge in [0.05, 0.1) is 5.52 Å². The summed E-state index contributed by atoms with van der Waals surface area (Å²) in [6.45, 7) is 1.96. The second kappa shape index (κ2) is 6.81. The van der Waals surface area contributed by atoms with Crippen molar-refractivity contribution in [2.45, 2.75) is 6.92 Å². The first kappa shape index (κ1) is 16.0. The zero-order valence-electron chi connectivity index (χ0n) is 14.4. The minimum atomic E-state index is -0.128. The average Bonchev–Trinajstić information content (AvgIpc) is 2.68. The summed E-state index contributed by atoms with van der Waals surface area (Å²) in [6, 6.07) is 27.5. The van der Waals surface area contributed by atoms with Crippen LogP contribution in [0.15, 0.2) is 84.9 Å². The van der Waals surface area contributed by atoms with Crippen molar-refractivity contribution in [3.05, 3.63) is 96.2 Å². The first-order valence-corrected chi connectivity index (χ1v) is 8.53. The van der Waals surface area contributed by atoms with E-state index >= 15 is 0 Å². The van der Waals surface area contributed by atoms with Gasteiger partial charge in [-0.3, -0.25) is 9.78 Å². The van der Waals surface area contributed by atoms with Crippen molar-refractivity contribution in [1.82, 2.24) is 4.98 Å². The van der Waals surface area contributed by atoms with Gasteiger partial charge in [-0.25, -0.2) is 0 Å². The molecule has 1 heterocycles. The van der Waals surface area contributed by atoms with E-state index in [0.717, 1.165) is 33.4 Å². The highest BCUT2D eigenvalue weighted by atomic mass is 16.1. The van der Waals surface area contributed by atoms with Crippen LogP contribution in [0.5, 0.6) is 0 Å². The maximum Gasteiger partial charge on any atom is 0.255 e. The topological polar surface area (TPSA) is 42.0 Å². The second-order valence-corrected chi connectivity index (χ2v) is 6.26. The fraction of sp³-hybridized carbons (Fsp3) is 0.0435. The van der Waals surface area contributed by atoms with Gasteiger partial charge in [-0.2, -0.15) is 0 Å². The molecule has 1 N–H and O–H groups in total. The Kier molecular flexibility index (Phi) is 4.20. The van der Waals surface area contributed by atoms with Gasteiger partial charge in [-0.15, -0.1) is 0 Å². The zero-order chi connectivity index (χ0) is 17.9. The number of rotatable bonds is 3. The molecule has 1 amide bonds. The van der Waals surface area contributed by atoms with E-state index in [1.54, 1.807) is 0 Å². The zero-order valence-corrected chi connectivity index (χ0v) is 14.4. The van der Waals surface area contributed by atoms with Gasteiger partial charge in [0.25, 0.3) is 5.91 Å². The maximum absolute atomic E-state index is 12.5. The maximum atomic E-state index is 12.5. The Morgan fingerprint density at radius 3 is 2.27 bits per heavy atom. The molecule has 126 valence electrons. The standard InChI is InChI=1S/C23H18N2O/c1-16-7-8-19-13-14-21(15-22(19)24-16)25-23(26)20-11-9-18(10-12-20)17-5-3-2-4-6-17/h2-15H,1H3,(H,25,26). The van der Waals surface area contributed by atoms with E-state index in [2.05, 4.69) is 22.4 Å². The molecule has 0 aliphatic carbocycles. The van der Waals surface area contributed by atoms with Crippen LogP contribution in [-0.4, -0.2) is 10.9 Å². The first-order chi connectivity index (χ1) is 12.7. The number of nitrogens with zero attached hydrogens (tertiary/aromatic N) is 1. The van der Waals surface area contributed by atoms with E-state index in [-0.39, 0.29) is 5.91 Å². The molecule has 3 nitrogen and oxygen atoms in total. The van der Waals surface area contributed by atoms with Crippen molar-refractivity contribution in [1.29, 1.82) is 0 Å². The van der Waals surface area contributed by atoms with Crippen LogP contribution in [0.2, 0.25) is 0 Å². The molecule has 0 aliphatic rings. The number of benzene rings is 3. The van der Waals surface area contributed by atoms with Crippen LogP contribution in [0, 0.1) is 6.92 Å². The smallest absolute Gasteiger partial charge is 0.255 e. The molecular weight excluding hydrogens is 320 g/mol. The molecule has 3 aromatic carbocycles. The van der Waals surface area contributed by atoms with Crippen LogP contribution in [0.1, 0.15) is 16.1 Å². The van der Waals surface area contributed by atoms with Crippen LogP contribution in [-0.2, 0) is 0 Å². The van der Waals surface area contributed by atoms with Crippen LogP contribution < -0.4 is 5.32 Å². The highest BCUT2D eigenvalue weighted by Gasteiger charge is 2.07. The SMILES string of the molecule is Cc1ccc2ccc(NC(=O)c3ccc(-c4ccccc4)cc3)cc2n1. The number of aryl methyl sites for hydroxylation is 1. The quantitative estimate of drug-likeness (QED) is 0.539. The summed E-state index contributed by atoms with van der Waals surface area (Å²) >= 11 is 0. The van der Waals surface area contributed by atoms with Crippen molar-refractivity contribution in [2.24, 2.45) is 0 Å². The Hall–Kier alpha value is -3.46. The van der Waals surface area contributed by atoms with Gasteiger partial charge in [-0.05, 0) is 48.4 Å². The number of fused-ring (bicyclic) bond motifs is 1. The van der Waals surface area contributed by atoms with E-state index in [4.69, 9.17) is 0 Å². The summed E-state index contributed by atoms with van der Waals surface area (Å²) in [5, 5.41) is 4.01. The Morgan fingerprint density at radius 1 is 0.808 bits per heavy atom. The van der Waals surface area contributed by atoms with Crippen LogP contribution in [0.25, 0.3) is 22.0 Å². The van der Waals surface area contributed by atoms with Crippen molar-refractivity contribution in [3.8, 4) is 11.1 Å². The highest BCUT2D eigenvalue weighted by molar-refractivity contribution is 6.05. The third-order valence-electron chi connectivity index (χ3n) is 4.34. The normalized spacial score (nSPS) is 10.7. The second-order valence-electron chi connectivity index (χ2n) is 6.26. The van der Waals surface area contributed by atoms with Gasteiger partial charge >= 0.3 is 0 Å². The largest absolute Gasteiger partial charge is 0.322 e. The minimum Gasteiger partial charge on any atom is -0.322 e. The lowest BCUT2D eigenvalue weighted by molar-refractivity contribution is 0.102. The lowest BCUT2D eigenvalue weighted by atomic mass is 10.0. The molecular formula is C23H18N2O. The van der Waals surface area contributed by atoms with Gasteiger partial charge in [0.1, 0.15) is 0 Å². The number of aromatic nitrogens is 1. The lowest BCUT2D eigenvalue weighted by Gasteiger charge is -2.08. The van der Waals surface area contributed by atoms with Crippen molar-refractivity contribution in [3.63, 3.8) is 0 Å². The number of carbonyl (C=O) groups is 1. The molecule has 0 fully saturated rings.